The van der Waals surface area contributed by atoms with Crippen LogP contribution >= 0.6 is 19.0 Å². The first-order valence-corrected chi connectivity index (χ1v) is 11.6. The molecule has 0 atom stereocenters. The maximum atomic E-state index is 2.65. The van der Waals surface area contributed by atoms with Crippen LogP contribution in [0.25, 0.3) is 0 Å². The van der Waals surface area contributed by atoms with Gasteiger partial charge in [-0.3, -0.25) is 0 Å². The molecule has 0 radical (unpaired) electrons. The molecule has 0 saturated heterocycles. The zero-order valence-electron chi connectivity index (χ0n) is 8.87. The molecule has 0 aliphatic carbocycles. The number of benzene rings is 2. The first-order chi connectivity index (χ1) is 7.84. The predicted octanol–water partition coefficient (Wildman–Crippen LogP) is 4.36. The van der Waals surface area contributed by atoms with Gasteiger partial charge < -0.3 is 0 Å². The first kappa shape index (κ1) is 12.4. The van der Waals surface area contributed by atoms with Crippen molar-refractivity contribution in [1.82, 2.24) is 0 Å². The van der Waals surface area contributed by atoms with Crippen LogP contribution in [0.2, 0.25) is 0 Å². The van der Waals surface area contributed by atoms with Gasteiger partial charge in [-0.05, 0) is 0 Å². The second kappa shape index (κ2) is 6.60. The van der Waals surface area contributed by atoms with Gasteiger partial charge in [-0.15, -0.1) is 0 Å². The Labute approximate surface area is 114 Å². The molecule has 0 heterocycles. The molecule has 0 N–H and O–H groups in total. The van der Waals surface area contributed by atoms with Crippen molar-refractivity contribution in [3.05, 3.63) is 71.8 Å². The number of halogens is 1. The Balaban J connectivity index is 1.92. The van der Waals surface area contributed by atoms with Gasteiger partial charge in [0.15, 0.2) is 0 Å². The molecule has 2 heteroatoms. The summed E-state index contributed by atoms with van der Waals surface area (Å²) in [6, 6.07) is 21.6. The summed E-state index contributed by atoms with van der Waals surface area (Å²) in [7, 11) is 0. The van der Waals surface area contributed by atoms with E-state index in [0.29, 0.717) is 0 Å². The summed E-state index contributed by atoms with van der Waals surface area (Å²) in [4.78, 5) is 0. The summed E-state index contributed by atoms with van der Waals surface area (Å²) < 4.78 is 2.50. The Morgan fingerprint density at radius 2 is 1.06 bits per heavy atom. The van der Waals surface area contributed by atoms with E-state index in [1.807, 2.05) is 0 Å². The summed E-state index contributed by atoms with van der Waals surface area (Å²) in [5.41, 5.74) is 2.95. The summed E-state index contributed by atoms with van der Waals surface area (Å²) in [5.74, 6) is 0. The fourth-order valence-electron chi connectivity index (χ4n) is 1.40. The minimum atomic E-state index is -0.339. The van der Waals surface area contributed by atoms with E-state index in [-0.39, 0.29) is 14.6 Å². The van der Waals surface area contributed by atoms with E-state index in [2.05, 4.69) is 79.7 Å². The van der Waals surface area contributed by atoms with E-state index in [0.717, 1.165) is 0 Å². The van der Waals surface area contributed by atoms with Crippen molar-refractivity contribution in [3.63, 3.8) is 0 Å². The molecule has 0 aliphatic rings. The molecule has 0 saturated carbocycles. The molecule has 0 fully saturated rings. The van der Waals surface area contributed by atoms with E-state index in [9.17, 15) is 0 Å². The standard InChI is InChI=1S/2C7H7.Ag.HI/c2*1-7-5-3-2-4-6-7;;/h2*2-6H,1H2;;1H/q;;+1;/p-1. The molecule has 88 valence electrons. The first-order valence-electron chi connectivity index (χ1n) is 5.07. The molecule has 16 heavy (non-hydrogen) atoms. The van der Waals surface area contributed by atoms with Gasteiger partial charge in [0.1, 0.15) is 0 Å². The van der Waals surface area contributed by atoms with Crippen LogP contribution in [0.5, 0.6) is 0 Å². The summed E-state index contributed by atoms with van der Waals surface area (Å²) >= 11 is 2.31. The van der Waals surface area contributed by atoms with Crippen LogP contribution < -0.4 is 0 Å². The van der Waals surface area contributed by atoms with Crippen molar-refractivity contribution in [1.29, 1.82) is 0 Å². The summed E-state index contributed by atoms with van der Waals surface area (Å²) in [5, 5.41) is 0. The Morgan fingerprint density at radius 3 is 1.44 bits per heavy atom. The average molecular weight is 417 g/mol. The van der Waals surface area contributed by atoms with Gasteiger partial charge in [0, 0.05) is 0 Å². The molecule has 0 bridgehead atoms. The molecule has 2 aromatic carbocycles. The van der Waals surface area contributed by atoms with Crippen molar-refractivity contribution in [2.24, 2.45) is 0 Å². The molecule has 2 aromatic rings. The Hall–Kier alpha value is -0.0897. The van der Waals surface area contributed by atoms with Crippen molar-refractivity contribution in [3.8, 4) is 0 Å². The molecular weight excluding hydrogens is 403 g/mol. The van der Waals surface area contributed by atoms with E-state index >= 15 is 0 Å². The summed E-state index contributed by atoms with van der Waals surface area (Å²) in [6.07, 6.45) is 0. The Bertz CT molecular complexity index is 372. The number of hydrogen-bond acceptors (Lipinski definition) is 0. The second-order valence-electron chi connectivity index (χ2n) is 3.50. The zero-order valence-corrected chi connectivity index (χ0v) is 12.5. The molecule has 2 rings (SSSR count). The fraction of sp³-hybridized carbons (Fsp3) is 0.143. The van der Waals surface area contributed by atoms with Crippen molar-refractivity contribution < 1.29 is 14.6 Å². The van der Waals surface area contributed by atoms with Gasteiger partial charge in [-0.1, -0.05) is 0 Å². The third kappa shape index (κ3) is 4.06. The molecule has 0 amide bonds. The van der Waals surface area contributed by atoms with Gasteiger partial charge in [0.05, 0.1) is 0 Å². The van der Waals surface area contributed by atoms with Crippen LogP contribution in [-0.2, 0) is 23.9 Å². The normalized spacial score (nSPS) is 11.2. The fourth-order valence-corrected chi connectivity index (χ4v) is 6.74. The van der Waals surface area contributed by atoms with Crippen LogP contribution in [0.1, 0.15) is 11.1 Å². The molecule has 0 unspecified atom stereocenters. The Morgan fingerprint density at radius 1 is 0.688 bits per heavy atom. The van der Waals surface area contributed by atoms with Crippen LogP contribution in [0.15, 0.2) is 60.7 Å². The van der Waals surface area contributed by atoms with Gasteiger partial charge in [0.25, 0.3) is 0 Å². The minimum absolute atomic E-state index is 0.339. The predicted molar refractivity (Wildman–Crippen MR) is 74.3 cm³/mol. The molecule has 0 nitrogen and oxygen atoms in total. The van der Waals surface area contributed by atoms with Gasteiger partial charge >= 0.3 is 115 Å². The van der Waals surface area contributed by atoms with Gasteiger partial charge in [-0.25, -0.2) is 0 Å². The van der Waals surface area contributed by atoms with E-state index < -0.39 is 0 Å². The van der Waals surface area contributed by atoms with Gasteiger partial charge in [-0.2, -0.15) is 0 Å². The third-order valence-electron chi connectivity index (χ3n) is 2.16. The van der Waals surface area contributed by atoms with Crippen LogP contribution in [0.3, 0.4) is 0 Å². The Kier molecular flexibility index (Phi) is 5.10. The zero-order chi connectivity index (χ0) is 11.2. The molecule has 0 aliphatic heterocycles. The van der Waals surface area contributed by atoms with E-state index in [1.54, 1.807) is 0 Å². The average Bonchev–Trinajstić information content (AvgIpc) is 2.31. The maximum absolute atomic E-state index is 2.65. The molecule has 0 aromatic heterocycles. The SMILES string of the molecule is [I][Ag]([CH2]c1ccccc1)[CH2]c1ccccc1. The van der Waals surface area contributed by atoms with Crippen molar-refractivity contribution in [2.45, 2.75) is 9.28 Å². The quantitative estimate of drug-likeness (QED) is 0.513. The van der Waals surface area contributed by atoms with Crippen molar-refractivity contribution >= 4 is 19.0 Å². The van der Waals surface area contributed by atoms with Crippen molar-refractivity contribution in [2.75, 3.05) is 0 Å². The molecule has 0 spiro atoms. The number of rotatable bonds is 4. The topological polar surface area (TPSA) is 0 Å². The van der Waals surface area contributed by atoms with Gasteiger partial charge in [0.2, 0.25) is 0 Å². The number of hydrogen-bond donors (Lipinski definition) is 0. The summed E-state index contributed by atoms with van der Waals surface area (Å²) in [6.45, 7) is 0. The van der Waals surface area contributed by atoms with E-state index in [4.69, 9.17) is 0 Å². The third-order valence-corrected chi connectivity index (χ3v) is 7.23. The molecular formula is C14H14AgI. The van der Waals surface area contributed by atoms with Crippen LogP contribution in [0.4, 0.5) is 0 Å². The second-order valence-corrected chi connectivity index (χ2v) is 11.5. The van der Waals surface area contributed by atoms with Crippen LogP contribution in [-0.4, -0.2) is 0 Å². The van der Waals surface area contributed by atoms with E-state index in [1.165, 1.54) is 20.4 Å². The van der Waals surface area contributed by atoms with Crippen LogP contribution in [0, 0.1) is 0 Å². The monoisotopic (exact) mass is 416 g/mol.